The molecule has 1 aromatic heterocycles. The molecular formula is C12H15N3O4. The molecular weight excluding hydrogens is 250 g/mol. The van der Waals surface area contributed by atoms with Gasteiger partial charge in [-0.3, -0.25) is 4.57 Å². The molecule has 2 rings (SSSR count). The van der Waals surface area contributed by atoms with Crippen LogP contribution in [0.15, 0.2) is 27.4 Å². The Labute approximate surface area is 108 Å². The predicted molar refractivity (Wildman–Crippen MR) is 70.2 cm³/mol. The second-order valence-corrected chi connectivity index (χ2v) is 4.07. The first-order chi connectivity index (χ1) is 9.11. The topological polar surface area (TPSA) is 96.5 Å². The van der Waals surface area contributed by atoms with Crippen LogP contribution in [0.5, 0.6) is 0 Å². The summed E-state index contributed by atoms with van der Waals surface area (Å²) in [5.41, 5.74) is 1.61. The average Bonchev–Trinajstić information content (AvgIpc) is 2.65. The molecule has 0 bridgehead atoms. The molecule has 0 atom stereocenters. The van der Waals surface area contributed by atoms with Crippen LogP contribution >= 0.6 is 0 Å². The van der Waals surface area contributed by atoms with Gasteiger partial charge in [-0.15, -0.1) is 0 Å². The quantitative estimate of drug-likeness (QED) is 0.706. The number of urea groups is 1. The van der Waals surface area contributed by atoms with Crippen molar-refractivity contribution < 1.29 is 14.3 Å². The zero-order valence-electron chi connectivity index (χ0n) is 10.5. The largest absolute Gasteiger partial charge is 0.419 e. The maximum absolute atomic E-state index is 11.5. The van der Waals surface area contributed by atoms with Gasteiger partial charge in [-0.1, -0.05) is 0 Å². The molecule has 7 heteroatoms. The average molecular weight is 265 g/mol. The summed E-state index contributed by atoms with van der Waals surface area (Å²) < 4.78 is 6.41. The maximum Gasteiger partial charge on any atom is 0.419 e. The Morgan fingerprint density at radius 3 is 3.00 bits per heavy atom. The zero-order chi connectivity index (χ0) is 13.8. The Bertz CT molecular complexity index is 644. The highest BCUT2D eigenvalue weighted by Crippen LogP contribution is 2.17. The molecule has 0 unspecified atom stereocenters. The number of hydrogen-bond donors (Lipinski definition) is 3. The number of oxazole rings is 1. The molecule has 19 heavy (non-hydrogen) atoms. The van der Waals surface area contributed by atoms with Crippen LogP contribution in [0.2, 0.25) is 0 Å². The van der Waals surface area contributed by atoms with Gasteiger partial charge in [0, 0.05) is 32.0 Å². The van der Waals surface area contributed by atoms with Crippen molar-refractivity contribution in [2.75, 3.05) is 18.5 Å². The van der Waals surface area contributed by atoms with E-state index in [4.69, 9.17) is 9.52 Å². The van der Waals surface area contributed by atoms with Crippen LogP contribution in [0.4, 0.5) is 10.5 Å². The van der Waals surface area contributed by atoms with Crippen LogP contribution < -0.4 is 16.4 Å². The second-order valence-electron chi connectivity index (χ2n) is 4.07. The van der Waals surface area contributed by atoms with Gasteiger partial charge in [-0.2, -0.15) is 0 Å². The van der Waals surface area contributed by atoms with Crippen molar-refractivity contribution in [1.82, 2.24) is 9.88 Å². The number of rotatable bonds is 4. The smallest absolute Gasteiger partial charge is 0.408 e. The van der Waals surface area contributed by atoms with Gasteiger partial charge in [0.2, 0.25) is 0 Å². The van der Waals surface area contributed by atoms with E-state index in [1.807, 2.05) is 0 Å². The van der Waals surface area contributed by atoms with Crippen molar-refractivity contribution in [3.05, 3.63) is 28.7 Å². The minimum Gasteiger partial charge on any atom is -0.408 e. The number of aliphatic hydroxyl groups excluding tert-OH is 1. The molecule has 2 aromatic rings. The minimum atomic E-state index is -0.445. The Kier molecular flexibility index (Phi) is 3.86. The highest BCUT2D eigenvalue weighted by molar-refractivity contribution is 5.91. The number of aliphatic hydroxyl groups is 1. The number of carbonyl (C=O) groups excluding carboxylic acids is 1. The lowest BCUT2D eigenvalue weighted by Gasteiger charge is -2.06. The van der Waals surface area contributed by atoms with Crippen LogP contribution in [0.25, 0.3) is 11.1 Å². The number of amides is 2. The Balaban J connectivity index is 2.09. The first-order valence-electron chi connectivity index (χ1n) is 5.87. The van der Waals surface area contributed by atoms with E-state index >= 15 is 0 Å². The van der Waals surface area contributed by atoms with Gasteiger partial charge < -0.3 is 20.2 Å². The molecule has 0 saturated heterocycles. The summed E-state index contributed by atoms with van der Waals surface area (Å²) in [6.45, 7) is 0.423. The van der Waals surface area contributed by atoms with Crippen molar-refractivity contribution in [2.45, 2.75) is 6.42 Å². The molecule has 0 radical (unpaired) electrons. The van der Waals surface area contributed by atoms with E-state index in [0.29, 0.717) is 29.8 Å². The number of aryl methyl sites for hydroxylation is 1. The van der Waals surface area contributed by atoms with Crippen molar-refractivity contribution in [3.8, 4) is 0 Å². The lowest BCUT2D eigenvalue weighted by Crippen LogP contribution is -2.29. The van der Waals surface area contributed by atoms with Gasteiger partial charge in [0.1, 0.15) is 0 Å². The maximum atomic E-state index is 11.5. The predicted octanol–water partition coefficient (Wildman–Crippen LogP) is 0.635. The van der Waals surface area contributed by atoms with Gasteiger partial charge in [-0.25, -0.2) is 9.59 Å². The Morgan fingerprint density at radius 2 is 2.26 bits per heavy atom. The summed E-state index contributed by atoms with van der Waals surface area (Å²) in [5.74, 6) is -0.445. The van der Waals surface area contributed by atoms with Gasteiger partial charge in [-0.05, 0) is 18.6 Å². The van der Waals surface area contributed by atoms with Gasteiger partial charge in [0.25, 0.3) is 0 Å². The molecule has 0 spiro atoms. The molecule has 7 nitrogen and oxygen atoms in total. The molecule has 2 amide bonds. The first kappa shape index (κ1) is 13.2. The molecule has 1 heterocycles. The number of carbonyl (C=O) groups is 1. The number of hydrogen-bond acceptors (Lipinski definition) is 4. The lowest BCUT2D eigenvalue weighted by atomic mass is 10.3. The number of aromatic nitrogens is 1. The number of benzene rings is 1. The third kappa shape index (κ3) is 2.94. The van der Waals surface area contributed by atoms with Gasteiger partial charge in [0.15, 0.2) is 5.58 Å². The third-order valence-corrected chi connectivity index (χ3v) is 2.67. The molecule has 0 aliphatic heterocycles. The molecule has 0 aliphatic carbocycles. The van der Waals surface area contributed by atoms with Crippen LogP contribution in [-0.4, -0.2) is 28.9 Å². The molecule has 0 saturated carbocycles. The van der Waals surface area contributed by atoms with Crippen molar-refractivity contribution in [1.29, 1.82) is 0 Å². The van der Waals surface area contributed by atoms with E-state index in [1.54, 1.807) is 25.2 Å². The normalized spacial score (nSPS) is 10.6. The van der Waals surface area contributed by atoms with E-state index in [0.717, 1.165) is 0 Å². The number of nitrogens with zero attached hydrogens (tertiary/aromatic N) is 1. The monoisotopic (exact) mass is 265 g/mol. The number of fused-ring (bicyclic) bond motifs is 1. The van der Waals surface area contributed by atoms with Crippen molar-refractivity contribution >= 4 is 22.8 Å². The second kappa shape index (κ2) is 5.57. The van der Waals surface area contributed by atoms with Gasteiger partial charge in [0.05, 0.1) is 5.52 Å². The molecule has 1 aromatic carbocycles. The van der Waals surface area contributed by atoms with Crippen LogP contribution in [0.3, 0.4) is 0 Å². The fourth-order valence-electron chi connectivity index (χ4n) is 1.67. The first-order valence-corrected chi connectivity index (χ1v) is 5.87. The van der Waals surface area contributed by atoms with E-state index < -0.39 is 5.76 Å². The van der Waals surface area contributed by atoms with Crippen molar-refractivity contribution in [3.63, 3.8) is 0 Å². The number of nitrogens with one attached hydrogen (secondary N) is 2. The summed E-state index contributed by atoms with van der Waals surface area (Å²) >= 11 is 0. The standard InChI is InChI=1S/C12H15N3O4/c1-15-9-4-3-8(7-10(9)19-12(15)18)14-11(17)13-5-2-6-16/h3-4,7,16H,2,5-6H2,1H3,(H2,13,14,17). The van der Waals surface area contributed by atoms with Crippen LogP contribution in [0, 0.1) is 0 Å². The van der Waals surface area contributed by atoms with Gasteiger partial charge >= 0.3 is 11.8 Å². The Morgan fingerprint density at radius 1 is 1.47 bits per heavy atom. The van der Waals surface area contributed by atoms with Crippen LogP contribution in [-0.2, 0) is 7.05 Å². The molecule has 102 valence electrons. The van der Waals surface area contributed by atoms with E-state index in [2.05, 4.69) is 10.6 Å². The summed E-state index contributed by atoms with van der Waals surface area (Å²) in [4.78, 5) is 22.8. The van der Waals surface area contributed by atoms with Crippen molar-refractivity contribution in [2.24, 2.45) is 7.05 Å². The van der Waals surface area contributed by atoms with E-state index in [1.165, 1.54) is 4.57 Å². The summed E-state index contributed by atoms with van der Waals surface area (Å²) in [6.07, 6.45) is 0.500. The fraction of sp³-hybridized carbons (Fsp3) is 0.333. The zero-order valence-corrected chi connectivity index (χ0v) is 10.5. The minimum absolute atomic E-state index is 0.0292. The van der Waals surface area contributed by atoms with E-state index in [9.17, 15) is 9.59 Å². The Hall–Kier alpha value is -2.28. The van der Waals surface area contributed by atoms with Crippen LogP contribution in [0.1, 0.15) is 6.42 Å². The fourth-order valence-corrected chi connectivity index (χ4v) is 1.67. The summed E-state index contributed by atoms with van der Waals surface area (Å²) in [6, 6.07) is 4.60. The molecule has 3 N–H and O–H groups in total. The third-order valence-electron chi connectivity index (χ3n) is 2.67. The SMILES string of the molecule is Cn1c(=O)oc2cc(NC(=O)NCCCO)ccc21. The lowest BCUT2D eigenvalue weighted by molar-refractivity contribution is 0.249. The van der Waals surface area contributed by atoms with E-state index in [-0.39, 0.29) is 12.6 Å². The summed E-state index contributed by atoms with van der Waals surface area (Å²) in [5, 5.41) is 13.8. The number of anilines is 1. The molecule has 0 fully saturated rings. The highest BCUT2D eigenvalue weighted by atomic mass is 16.4. The highest BCUT2D eigenvalue weighted by Gasteiger charge is 2.07. The summed E-state index contributed by atoms with van der Waals surface area (Å²) in [7, 11) is 1.61. The molecule has 0 aliphatic rings.